The number of rotatable bonds is 7. The van der Waals surface area contributed by atoms with E-state index in [1.54, 1.807) is 73.8 Å². The molecule has 7 rings (SSSR count). The summed E-state index contributed by atoms with van der Waals surface area (Å²) < 4.78 is 11.4. The molecule has 3 fully saturated rings. The number of alkyl halides is 2. The number of methoxy groups -OCH3 is 1. The van der Waals surface area contributed by atoms with Crippen LogP contribution in [0, 0.1) is 23.7 Å². The van der Waals surface area contributed by atoms with E-state index in [-0.39, 0.29) is 56.5 Å². The molecule has 0 N–H and O–H groups in total. The Morgan fingerprint density at radius 3 is 2.16 bits per heavy atom. The second kappa shape index (κ2) is 11.7. The predicted octanol–water partition coefficient (Wildman–Crippen LogP) is 6.99. The fourth-order valence-electron chi connectivity index (χ4n) is 6.97. The number of anilines is 1. The topological polar surface area (TPSA) is 103 Å². The van der Waals surface area contributed by atoms with Crippen molar-refractivity contribution in [2.75, 3.05) is 18.6 Å². The van der Waals surface area contributed by atoms with Crippen LogP contribution in [-0.2, 0) is 14.3 Å². The lowest BCUT2D eigenvalue weighted by Crippen LogP contribution is -2.37. The molecule has 2 amide bonds. The third kappa shape index (κ3) is 5.13. The minimum atomic E-state index is -0.662. The van der Waals surface area contributed by atoms with Gasteiger partial charge in [-0.2, -0.15) is 0 Å². The van der Waals surface area contributed by atoms with Crippen LogP contribution in [0.5, 0.6) is 5.75 Å². The van der Waals surface area contributed by atoms with Gasteiger partial charge in [-0.15, -0.1) is 0 Å². The van der Waals surface area contributed by atoms with E-state index in [9.17, 15) is 19.2 Å². The number of aromatic nitrogens is 1. The van der Waals surface area contributed by atoms with Crippen LogP contribution in [0.25, 0.3) is 22.2 Å². The number of ketones is 1. The molecule has 1 aliphatic heterocycles. The van der Waals surface area contributed by atoms with Crippen LogP contribution in [0.15, 0.2) is 77.3 Å². The molecule has 11 heteroatoms. The lowest BCUT2D eigenvalue weighted by Gasteiger charge is -2.28. The van der Waals surface area contributed by atoms with E-state index in [1.807, 2.05) is 6.07 Å². The fraction of sp³-hybridized carbons (Fsp3) is 0.265. The first-order valence-corrected chi connectivity index (χ1v) is 17.0. The van der Waals surface area contributed by atoms with Crippen molar-refractivity contribution in [2.24, 2.45) is 23.7 Å². The molecule has 6 unspecified atom stereocenters. The summed E-state index contributed by atoms with van der Waals surface area (Å²) in [5, 5.41) is 0.566. The van der Waals surface area contributed by atoms with Gasteiger partial charge in [0.05, 0.1) is 41.4 Å². The number of esters is 1. The average molecular weight is 797 g/mol. The number of nitrogens with zero attached hydrogens (tertiary/aromatic N) is 2. The van der Waals surface area contributed by atoms with Crippen LogP contribution < -0.4 is 9.64 Å². The highest BCUT2D eigenvalue weighted by Gasteiger charge is 2.66. The quantitative estimate of drug-likeness (QED) is 0.0860. The van der Waals surface area contributed by atoms with Crippen molar-refractivity contribution in [1.82, 2.24) is 4.98 Å². The molecule has 8 nitrogen and oxygen atoms in total. The molecule has 2 bridgehead atoms. The minimum absolute atomic E-state index is 0.136. The van der Waals surface area contributed by atoms with Crippen molar-refractivity contribution in [3.05, 3.63) is 88.4 Å². The molecule has 3 aromatic carbocycles. The molecule has 2 heterocycles. The van der Waals surface area contributed by atoms with Crippen molar-refractivity contribution in [3.8, 4) is 17.0 Å². The summed E-state index contributed by atoms with van der Waals surface area (Å²) in [5.41, 5.74) is 2.92. The Kier molecular flexibility index (Phi) is 7.90. The Labute approximate surface area is 283 Å². The van der Waals surface area contributed by atoms with Gasteiger partial charge in [-0.1, -0.05) is 59.9 Å². The number of Topliss-reactive ketones (excluding diaryl/α,β-unsaturated/α-hetero) is 1. The number of amides is 2. The zero-order chi connectivity index (χ0) is 31.6. The summed E-state index contributed by atoms with van der Waals surface area (Å²) in [7, 11) is 1.54. The highest BCUT2D eigenvalue weighted by Crippen LogP contribution is 2.60. The summed E-state index contributed by atoms with van der Waals surface area (Å²) >= 11 is 10.9. The van der Waals surface area contributed by atoms with Gasteiger partial charge in [-0.05, 0) is 78.9 Å². The number of ether oxygens (including phenoxy) is 2. The normalized spacial score (nSPS) is 25.1. The predicted molar refractivity (Wildman–Crippen MR) is 179 cm³/mol. The highest BCUT2D eigenvalue weighted by molar-refractivity contribution is 9.12. The summed E-state index contributed by atoms with van der Waals surface area (Å²) in [6, 6.07) is 20.7. The molecule has 1 aromatic heterocycles. The van der Waals surface area contributed by atoms with Crippen molar-refractivity contribution in [3.63, 3.8) is 0 Å². The smallest absolute Gasteiger partial charge is 0.339 e. The number of pyridine rings is 1. The molecule has 1 saturated heterocycles. The maximum Gasteiger partial charge on any atom is 0.339 e. The van der Waals surface area contributed by atoms with Gasteiger partial charge in [-0.25, -0.2) is 9.78 Å². The third-order valence-electron chi connectivity index (χ3n) is 9.15. The van der Waals surface area contributed by atoms with Crippen LogP contribution >= 0.6 is 47.8 Å². The number of carbonyl (C=O) groups excluding carboxylic acids is 4. The average Bonchev–Trinajstić information content (AvgIpc) is 3.67. The Morgan fingerprint density at radius 1 is 0.889 bits per heavy atom. The van der Waals surface area contributed by atoms with Crippen molar-refractivity contribution in [2.45, 2.75) is 16.1 Å². The number of fused-ring (bicyclic) bond motifs is 6. The first-order chi connectivity index (χ1) is 21.7. The van der Waals surface area contributed by atoms with Gasteiger partial charge in [0, 0.05) is 30.6 Å². The zero-order valence-corrected chi connectivity index (χ0v) is 28.5. The number of imide groups is 1. The van der Waals surface area contributed by atoms with Gasteiger partial charge < -0.3 is 9.47 Å². The molecule has 2 saturated carbocycles. The molecule has 228 valence electrons. The van der Waals surface area contributed by atoms with Crippen LogP contribution in [0.1, 0.15) is 27.1 Å². The van der Waals surface area contributed by atoms with Crippen molar-refractivity contribution < 1.29 is 28.7 Å². The second-order valence-electron chi connectivity index (χ2n) is 11.5. The van der Waals surface area contributed by atoms with E-state index in [1.165, 1.54) is 4.90 Å². The second-order valence-corrected chi connectivity index (χ2v) is 14.5. The molecule has 2 aliphatic carbocycles. The molecule has 3 aliphatic rings. The number of hydrogen-bond acceptors (Lipinski definition) is 7. The van der Waals surface area contributed by atoms with Gasteiger partial charge >= 0.3 is 5.97 Å². The first-order valence-electron chi connectivity index (χ1n) is 14.4. The van der Waals surface area contributed by atoms with Gasteiger partial charge in [-0.3, -0.25) is 19.3 Å². The maximum absolute atomic E-state index is 13.5. The van der Waals surface area contributed by atoms with Gasteiger partial charge in [0.25, 0.3) is 0 Å². The molecule has 0 spiro atoms. The van der Waals surface area contributed by atoms with Gasteiger partial charge in [0.1, 0.15) is 5.75 Å². The SMILES string of the molecule is COc1ccc(C(=O)COC(=O)c2cc(-c3ccc(N4C(=O)C5C6CC(C(Br)C6Br)C5C4=O)cc3)nc3ccc(Br)cc23)cc1. The zero-order valence-electron chi connectivity index (χ0n) is 23.8. The molecular formula is C34H25Br3N2O6. The third-order valence-corrected chi connectivity index (χ3v) is 12.8. The summed E-state index contributed by atoms with van der Waals surface area (Å²) in [4.78, 5) is 59.5. The van der Waals surface area contributed by atoms with E-state index in [2.05, 4.69) is 47.8 Å². The van der Waals surface area contributed by atoms with E-state index in [4.69, 9.17) is 14.5 Å². The fourth-order valence-corrected chi connectivity index (χ4v) is 9.20. The standard InChI is InChI=1S/C34H25Br3N2O6/c1-44-20-9-4-17(5-10-20)27(40)15-45-34(43)22-14-26(38-25-11-6-18(35)12-21(22)25)16-2-7-19(8-3-16)39-32(41)28-23-13-24(29(28)33(39)42)31(37)30(23)36/h2-12,14,23-24,28-31H,13,15H2,1H3. The number of carbonyl (C=O) groups is 4. The van der Waals surface area contributed by atoms with E-state index in [0.717, 1.165) is 10.9 Å². The summed E-state index contributed by atoms with van der Waals surface area (Å²) in [6.07, 6.45) is 0.871. The van der Waals surface area contributed by atoms with E-state index < -0.39 is 12.6 Å². The minimum Gasteiger partial charge on any atom is -0.497 e. The Hall–Kier alpha value is -3.41. The molecule has 0 radical (unpaired) electrons. The first kappa shape index (κ1) is 30.3. The van der Waals surface area contributed by atoms with Crippen molar-refractivity contribution >= 4 is 87.9 Å². The largest absolute Gasteiger partial charge is 0.497 e. The Bertz CT molecular complexity index is 1850. The van der Waals surface area contributed by atoms with Gasteiger partial charge in [0.15, 0.2) is 12.4 Å². The van der Waals surface area contributed by atoms with Crippen LogP contribution in [0.3, 0.4) is 0 Å². The maximum atomic E-state index is 13.5. The van der Waals surface area contributed by atoms with E-state index in [0.29, 0.717) is 39.2 Å². The number of benzene rings is 3. The van der Waals surface area contributed by atoms with E-state index >= 15 is 0 Å². The van der Waals surface area contributed by atoms with Crippen LogP contribution in [-0.4, -0.2) is 51.9 Å². The monoisotopic (exact) mass is 794 g/mol. The summed E-state index contributed by atoms with van der Waals surface area (Å²) in [6.45, 7) is -0.430. The molecule has 4 aromatic rings. The summed E-state index contributed by atoms with van der Waals surface area (Å²) in [5.74, 6) is -0.998. The number of hydrogen-bond donors (Lipinski definition) is 0. The molecular weight excluding hydrogens is 772 g/mol. The molecule has 6 atom stereocenters. The number of halogens is 3. The highest BCUT2D eigenvalue weighted by atomic mass is 79.9. The van der Waals surface area contributed by atoms with Crippen LogP contribution in [0.4, 0.5) is 5.69 Å². The Morgan fingerprint density at radius 2 is 1.53 bits per heavy atom. The molecule has 45 heavy (non-hydrogen) atoms. The Balaban J connectivity index is 1.15. The lowest BCUT2D eigenvalue weighted by atomic mass is 9.81. The lowest BCUT2D eigenvalue weighted by molar-refractivity contribution is -0.123. The van der Waals surface area contributed by atoms with Crippen LogP contribution in [0.2, 0.25) is 0 Å². The van der Waals surface area contributed by atoms with Crippen molar-refractivity contribution in [1.29, 1.82) is 0 Å². The van der Waals surface area contributed by atoms with Gasteiger partial charge in [0.2, 0.25) is 11.8 Å².